The minimum Gasteiger partial charge on any atom is -0.507 e. The molecule has 0 radical (unpaired) electrons. The van der Waals surface area contributed by atoms with Crippen LogP contribution in [0.4, 0.5) is 0 Å². The van der Waals surface area contributed by atoms with Crippen LogP contribution in [0.5, 0.6) is 5.75 Å². The van der Waals surface area contributed by atoms with Crippen LogP contribution < -0.4 is 5.73 Å². The zero-order valence-corrected chi connectivity index (χ0v) is 8.43. The van der Waals surface area contributed by atoms with E-state index in [1.165, 1.54) is 0 Å². The fourth-order valence-corrected chi connectivity index (χ4v) is 1.60. The standard InChI is InChI=1S/C10H14ClNO/c1-2-7-5-9(11)6-8(3-4-12)10(7)13/h5-6,13H,2-4,12H2,1H3. The third-order valence-electron chi connectivity index (χ3n) is 2.03. The summed E-state index contributed by atoms with van der Waals surface area (Å²) in [5, 5.41) is 10.4. The van der Waals surface area contributed by atoms with Crippen molar-refractivity contribution in [1.82, 2.24) is 0 Å². The van der Waals surface area contributed by atoms with E-state index in [2.05, 4.69) is 0 Å². The van der Waals surface area contributed by atoms with Crippen molar-refractivity contribution in [3.63, 3.8) is 0 Å². The van der Waals surface area contributed by atoms with Gasteiger partial charge in [-0.25, -0.2) is 0 Å². The summed E-state index contributed by atoms with van der Waals surface area (Å²) in [7, 11) is 0. The molecule has 0 saturated heterocycles. The number of aryl methyl sites for hydroxylation is 1. The SMILES string of the molecule is CCc1cc(Cl)cc(CCN)c1O. The van der Waals surface area contributed by atoms with Crippen molar-refractivity contribution >= 4 is 11.6 Å². The van der Waals surface area contributed by atoms with E-state index in [1.807, 2.05) is 6.92 Å². The second kappa shape index (κ2) is 4.49. The monoisotopic (exact) mass is 199 g/mol. The molecule has 1 rings (SSSR count). The first kappa shape index (κ1) is 10.4. The summed E-state index contributed by atoms with van der Waals surface area (Å²) in [5.74, 6) is 0.345. The molecule has 1 aromatic rings. The van der Waals surface area contributed by atoms with E-state index in [9.17, 15) is 5.11 Å². The zero-order chi connectivity index (χ0) is 9.84. The van der Waals surface area contributed by atoms with Crippen molar-refractivity contribution in [3.8, 4) is 5.75 Å². The first-order valence-electron chi connectivity index (χ1n) is 4.39. The van der Waals surface area contributed by atoms with E-state index in [0.717, 1.165) is 17.5 Å². The highest BCUT2D eigenvalue weighted by Gasteiger charge is 2.06. The molecular weight excluding hydrogens is 186 g/mol. The lowest BCUT2D eigenvalue weighted by Crippen LogP contribution is -2.03. The Morgan fingerprint density at radius 2 is 2.00 bits per heavy atom. The highest BCUT2D eigenvalue weighted by Crippen LogP contribution is 2.27. The van der Waals surface area contributed by atoms with E-state index in [0.29, 0.717) is 23.7 Å². The number of halogens is 1. The fourth-order valence-electron chi connectivity index (χ4n) is 1.33. The molecule has 0 aliphatic rings. The molecule has 1 aromatic carbocycles. The average molecular weight is 200 g/mol. The van der Waals surface area contributed by atoms with Crippen molar-refractivity contribution in [2.45, 2.75) is 19.8 Å². The van der Waals surface area contributed by atoms with Gasteiger partial charge in [-0.15, -0.1) is 0 Å². The molecule has 0 fully saturated rings. The second-order valence-corrected chi connectivity index (χ2v) is 3.40. The van der Waals surface area contributed by atoms with E-state index >= 15 is 0 Å². The van der Waals surface area contributed by atoms with Gasteiger partial charge in [0.2, 0.25) is 0 Å². The Hall–Kier alpha value is -0.730. The van der Waals surface area contributed by atoms with Gasteiger partial charge in [-0.05, 0) is 42.6 Å². The Labute approximate surface area is 83.3 Å². The maximum absolute atomic E-state index is 9.73. The Kier molecular flexibility index (Phi) is 3.58. The van der Waals surface area contributed by atoms with Crippen molar-refractivity contribution in [3.05, 3.63) is 28.3 Å². The number of hydrogen-bond donors (Lipinski definition) is 2. The Morgan fingerprint density at radius 3 is 2.54 bits per heavy atom. The summed E-state index contributed by atoms with van der Waals surface area (Å²) in [5.41, 5.74) is 7.14. The first-order chi connectivity index (χ1) is 6.19. The normalized spacial score (nSPS) is 10.4. The van der Waals surface area contributed by atoms with Crippen LogP contribution in [0.25, 0.3) is 0 Å². The van der Waals surface area contributed by atoms with Crippen molar-refractivity contribution < 1.29 is 5.11 Å². The number of phenolic OH excluding ortho intramolecular Hbond substituents is 1. The van der Waals surface area contributed by atoms with Gasteiger partial charge in [-0.3, -0.25) is 0 Å². The average Bonchev–Trinajstić information content (AvgIpc) is 2.11. The summed E-state index contributed by atoms with van der Waals surface area (Å²) < 4.78 is 0. The second-order valence-electron chi connectivity index (χ2n) is 2.96. The van der Waals surface area contributed by atoms with Crippen LogP contribution in [0.15, 0.2) is 12.1 Å². The minimum atomic E-state index is 0.345. The van der Waals surface area contributed by atoms with Crippen LogP contribution in [0.3, 0.4) is 0 Å². The maximum Gasteiger partial charge on any atom is 0.122 e. The summed E-state index contributed by atoms with van der Waals surface area (Å²) in [6.07, 6.45) is 1.45. The molecular formula is C10H14ClNO. The van der Waals surface area contributed by atoms with Crippen molar-refractivity contribution in [2.24, 2.45) is 5.73 Å². The molecule has 0 aliphatic carbocycles. The molecule has 0 aromatic heterocycles. The van der Waals surface area contributed by atoms with E-state index < -0.39 is 0 Å². The first-order valence-corrected chi connectivity index (χ1v) is 4.77. The van der Waals surface area contributed by atoms with E-state index in [-0.39, 0.29) is 0 Å². The largest absolute Gasteiger partial charge is 0.507 e. The maximum atomic E-state index is 9.73. The lowest BCUT2D eigenvalue weighted by molar-refractivity contribution is 0.462. The fraction of sp³-hybridized carbons (Fsp3) is 0.400. The van der Waals surface area contributed by atoms with Crippen LogP contribution in [-0.2, 0) is 12.8 Å². The van der Waals surface area contributed by atoms with Gasteiger partial charge in [0.15, 0.2) is 0 Å². The van der Waals surface area contributed by atoms with Gasteiger partial charge in [0.1, 0.15) is 5.75 Å². The van der Waals surface area contributed by atoms with Gasteiger partial charge < -0.3 is 10.8 Å². The molecule has 0 unspecified atom stereocenters. The smallest absolute Gasteiger partial charge is 0.122 e. The molecule has 0 bridgehead atoms. The van der Waals surface area contributed by atoms with Crippen LogP contribution >= 0.6 is 11.6 Å². The molecule has 0 amide bonds. The number of nitrogens with two attached hydrogens (primary N) is 1. The summed E-state index contributed by atoms with van der Waals surface area (Å²) in [6.45, 7) is 2.51. The van der Waals surface area contributed by atoms with Gasteiger partial charge in [-0.1, -0.05) is 18.5 Å². The molecule has 0 saturated carbocycles. The topological polar surface area (TPSA) is 46.2 Å². The molecule has 2 nitrogen and oxygen atoms in total. The van der Waals surface area contributed by atoms with Gasteiger partial charge in [0, 0.05) is 5.02 Å². The zero-order valence-electron chi connectivity index (χ0n) is 7.68. The Balaban J connectivity index is 3.11. The highest BCUT2D eigenvalue weighted by molar-refractivity contribution is 6.30. The Bertz CT molecular complexity index is 299. The number of aromatic hydroxyl groups is 1. The van der Waals surface area contributed by atoms with Crippen LogP contribution in [0.2, 0.25) is 5.02 Å². The predicted molar refractivity (Wildman–Crippen MR) is 55.3 cm³/mol. The molecule has 3 heteroatoms. The van der Waals surface area contributed by atoms with E-state index in [1.54, 1.807) is 12.1 Å². The lowest BCUT2D eigenvalue weighted by Gasteiger charge is -2.08. The molecule has 0 spiro atoms. The van der Waals surface area contributed by atoms with E-state index in [4.69, 9.17) is 17.3 Å². The highest BCUT2D eigenvalue weighted by atomic mass is 35.5. The number of phenols is 1. The third kappa shape index (κ3) is 2.36. The van der Waals surface area contributed by atoms with Crippen LogP contribution in [-0.4, -0.2) is 11.7 Å². The molecule has 13 heavy (non-hydrogen) atoms. The summed E-state index contributed by atoms with van der Waals surface area (Å²) >= 11 is 5.88. The quantitative estimate of drug-likeness (QED) is 0.784. The number of benzene rings is 1. The molecule has 3 N–H and O–H groups in total. The van der Waals surface area contributed by atoms with Crippen molar-refractivity contribution in [2.75, 3.05) is 6.54 Å². The van der Waals surface area contributed by atoms with Crippen LogP contribution in [0, 0.1) is 0 Å². The van der Waals surface area contributed by atoms with Gasteiger partial charge in [-0.2, -0.15) is 0 Å². The number of hydrogen-bond acceptors (Lipinski definition) is 2. The summed E-state index contributed by atoms with van der Waals surface area (Å²) in [6, 6.07) is 3.56. The predicted octanol–water partition coefficient (Wildman–Crippen LogP) is 2.11. The Morgan fingerprint density at radius 1 is 1.38 bits per heavy atom. The van der Waals surface area contributed by atoms with Crippen LogP contribution in [0.1, 0.15) is 18.1 Å². The molecule has 0 heterocycles. The molecule has 0 aliphatic heterocycles. The molecule has 72 valence electrons. The molecule has 0 atom stereocenters. The minimum absolute atomic E-state index is 0.345. The van der Waals surface area contributed by atoms with Gasteiger partial charge >= 0.3 is 0 Å². The summed E-state index contributed by atoms with van der Waals surface area (Å²) in [4.78, 5) is 0. The van der Waals surface area contributed by atoms with Crippen molar-refractivity contribution in [1.29, 1.82) is 0 Å². The van der Waals surface area contributed by atoms with Gasteiger partial charge in [0.25, 0.3) is 0 Å². The van der Waals surface area contributed by atoms with Gasteiger partial charge in [0.05, 0.1) is 0 Å². The lowest BCUT2D eigenvalue weighted by atomic mass is 10.0. The number of rotatable bonds is 3. The third-order valence-corrected chi connectivity index (χ3v) is 2.25.